The molecule has 0 saturated carbocycles. The normalized spacial score (nSPS) is 17.5. The summed E-state index contributed by atoms with van der Waals surface area (Å²) in [5.74, 6) is 5.17. The molecule has 0 aliphatic carbocycles. The molecule has 1 heterocycles. The third-order valence-electron chi connectivity index (χ3n) is 2.93. The van der Waals surface area contributed by atoms with Crippen molar-refractivity contribution in [2.24, 2.45) is 0 Å². The lowest BCUT2D eigenvalue weighted by atomic mass is 10.1. The topological polar surface area (TPSA) is 49.8 Å². The second-order valence-corrected chi connectivity index (χ2v) is 4.23. The van der Waals surface area contributed by atoms with Crippen molar-refractivity contribution in [3.63, 3.8) is 0 Å². The third-order valence-corrected chi connectivity index (χ3v) is 2.93. The third kappa shape index (κ3) is 6.30. The summed E-state index contributed by atoms with van der Waals surface area (Å²) in [7, 11) is 0. The van der Waals surface area contributed by atoms with Crippen LogP contribution in [0.15, 0.2) is 0 Å². The fraction of sp³-hybridized carbons (Fsp3) is 0.769. The van der Waals surface area contributed by atoms with Crippen LogP contribution in [0.2, 0.25) is 0 Å². The van der Waals surface area contributed by atoms with Gasteiger partial charge in [0, 0.05) is 26.1 Å². The molecule has 0 aromatic rings. The number of aliphatic carboxylic acids is 1. The first-order chi connectivity index (χ1) is 8.22. The molecular formula is C13H21NO3. The van der Waals surface area contributed by atoms with E-state index in [1.807, 2.05) is 6.92 Å². The van der Waals surface area contributed by atoms with Crippen molar-refractivity contribution >= 4 is 5.97 Å². The second kappa shape index (κ2) is 8.10. The quantitative estimate of drug-likeness (QED) is 0.711. The van der Waals surface area contributed by atoms with Gasteiger partial charge in [0.25, 0.3) is 0 Å². The second-order valence-electron chi connectivity index (χ2n) is 4.23. The van der Waals surface area contributed by atoms with E-state index in [2.05, 4.69) is 16.7 Å². The van der Waals surface area contributed by atoms with E-state index in [-0.39, 0.29) is 12.5 Å². The van der Waals surface area contributed by atoms with Crippen molar-refractivity contribution in [3.05, 3.63) is 0 Å². The summed E-state index contributed by atoms with van der Waals surface area (Å²) in [5.41, 5.74) is 0. The first kappa shape index (κ1) is 14.0. The van der Waals surface area contributed by atoms with Crippen molar-refractivity contribution in [1.82, 2.24) is 4.90 Å². The molecule has 1 fully saturated rings. The van der Waals surface area contributed by atoms with Crippen LogP contribution in [-0.4, -0.2) is 48.3 Å². The predicted octanol–water partition coefficient (Wildman–Crippen LogP) is 1.36. The van der Waals surface area contributed by atoms with Crippen molar-refractivity contribution in [1.29, 1.82) is 0 Å². The number of carboxylic acids is 1. The minimum atomic E-state index is -0.791. The Labute approximate surface area is 103 Å². The molecule has 0 aromatic heterocycles. The van der Waals surface area contributed by atoms with Crippen LogP contribution in [0, 0.1) is 11.8 Å². The van der Waals surface area contributed by atoms with Gasteiger partial charge in [0.2, 0.25) is 0 Å². The Morgan fingerprint density at radius 3 is 2.76 bits per heavy atom. The van der Waals surface area contributed by atoms with E-state index in [1.54, 1.807) is 0 Å². The number of likely N-dealkylation sites (tertiary alicyclic amines) is 1. The summed E-state index contributed by atoms with van der Waals surface area (Å²) in [6, 6.07) is 0. The highest BCUT2D eigenvalue weighted by molar-refractivity contribution is 5.66. The molecule has 4 heteroatoms. The summed E-state index contributed by atoms with van der Waals surface area (Å²) in [6.45, 7) is 5.29. The van der Waals surface area contributed by atoms with Crippen molar-refractivity contribution in [2.45, 2.75) is 38.7 Å². The van der Waals surface area contributed by atoms with E-state index in [9.17, 15) is 4.79 Å². The summed E-state index contributed by atoms with van der Waals surface area (Å²) in [4.78, 5) is 12.7. The van der Waals surface area contributed by atoms with Gasteiger partial charge in [0.1, 0.15) is 0 Å². The number of ether oxygens (including phenoxy) is 1. The Kier molecular flexibility index (Phi) is 6.68. The molecule has 0 radical (unpaired) electrons. The molecule has 0 spiro atoms. The molecule has 96 valence electrons. The molecule has 0 atom stereocenters. The zero-order valence-corrected chi connectivity index (χ0v) is 10.4. The van der Waals surface area contributed by atoms with E-state index < -0.39 is 5.97 Å². The monoisotopic (exact) mass is 239 g/mol. The lowest BCUT2D eigenvalue weighted by molar-refractivity contribution is -0.138. The van der Waals surface area contributed by atoms with Crippen LogP contribution >= 0.6 is 0 Å². The van der Waals surface area contributed by atoms with Crippen LogP contribution in [0.1, 0.15) is 32.6 Å². The Morgan fingerprint density at radius 1 is 1.47 bits per heavy atom. The summed E-state index contributed by atoms with van der Waals surface area (Å²) in [6.07, 6.45) is 3.27. The molecule has 0 bridgehead atoms. The van der Waals surface area contributed by atoms with E-state index in [1.165, 1.54) is 0 Å². The fourth-order valence-electron chi connectivity index (χ4n) is 1.95. The van der Waals surface area contributed by atoms with Crippen molar-refractivity contribution in [3.8, 4) is 11.8 Å². The average molecular weight is 239 g/mol. The van der Waals surface area contributed by atoms with Gasteiger partial charge in [-0.3, -0.25) is 4.79 Å². The Hall–Kier alpha value is -1.05. The SMILES string of the molecule is CC#CCCN1CCC(OCCC(=O)O)CC1. The van der Waals surface area contributed by atoms with Gasteiger partial charge in [-0.25, -0.2) is 0 Å². The Morgan fingerprint density at radius 2 is 2.18 bits per heavy atom. The molecule has 17 heavy (non-hydrogen) atoms. The van der Waals surface area contributed by atoms with E-state index in [0.717, 1.165) is 38.9 Å². The van der Waals surface area contributed by atoms with Crippen molar-refractivity contribution < 1.29 is 14.6 Å². The minimum absolute atomic E-state index is 0.103. The van der Waals surface area contributed by atoms with E-state index in [4.69, 9.17) is 9.84 Å². The maximum atomic E-state index is 10.3. The van der Waals surface area contributed by atoms with Gasteiger partial charge in [0.05, 0.1) is 19.1 Å². The summed E-state index contributed by atoms with van der Waals surface area (Å²) >= 11 is 0. The van der Waals surface area contributed by atoms with Gasteiger partial charge >= 0.3 is 5.97 Å². The number of piperidine rings is 1. The molecule has 1 rings (SSSR count). The van der Waals surface area contributed by atoms with E-state index in [0.29, 0.717) is 6.61 Å². The molecule has 1 saturated heterocycles. The number of rotatable bonds is 6. The molecule has 0 unspecified atom stereocenters. The summed E-state index contributed by atoms with van der Waals surface area (Å²) in [5, 5.41) is 8.50. The number of hydrogen-bond donors (Lipinski definition) is 1. The van der Waals surface area contributed by atoms with Gasteiger partial charge in [-0.05, 0) is 19.8 Å². The molecule has 1 aliphatic heterocycles. The van der Waals surface area contributed by atoms with Crippen LogP contribution in [0.4, 0.5) is 0 Å². The maximum absolute atomic E-state index is 10.3. The first-order valence-corrected chi connectivity index (χ1v) is 6.17. The lowest BCUT2D eigenvalue weighted by Gasteiger charge is -2.31. The van der Waals surface area contributed by atoms with Crippen LogP contribution in [0.5, 0.6) is 0 Å². The molecule has 0 aromatic carbocycles. The molecule has 1 N–H and O–H groups in total. The largest absolute Gasteiger partial charge is 0.481 e. The minimum Gasteiger partial charge on any atom is -0.481 e. The van der Waals surface area contributed by atoms with E-state index >= 15 is 0 Å². The first-order valence-electron chi connectivity index (χ1n) is 6.17. The molecule has 1 aliphatic rings. The van der Waals surface area contributed by atoms with Crippen LogP contribution < -0.4 is 0 Å². The van der Waals surface area contributed by atoms with Gasteiger partial charge in [-0.2, -0.15) is 0 Å². The lowest BCUT2D eigenvalue weighted by Crippen LogP contribution is -2.37. The summed E-state index contributed by atoms with van der Waals surface area (Å²) < 4.78 is 5.53. The van der Waals surface area contributed by atoms with Gasteiger partial charge in [-0.1, -0.05) is 0 Å². The Balaban J connectivity index is 2.08. The van der Waals surface area contributed by atoms with Crippen LogP contribution in [-0.2, 0) is 9.53 Å². The van der Waals surface area contributed by atoms with Gasteiger partial charge in [-0.15, -0.1) is 11.8 Å². The van der Waals surface area contributed by atoms with Gasteiger partial charge in [0.15, 0.2) is 0 Å². The maximum Gasteiger partial charge on any atom is 0.305 e. The highest BCUT2D eigenvalue weighted by atomic mass is 16.5. The molecular weight excluding hydrogens is 218 g/mol. The fourth-order valence-corrected chi connectivity index (χ4v) is 1.95. The average Bonchev–Trinajstić information content (AvgIpc) is 2.31. The zero-order valence-electron chi connectivity index (χ0n) is 10.4. The zero-order chi connectivity index (χ0) is 12.5. The highest BCUT2D eigenvalue weighted by Gasteiger charge is 2.19. The van der Waals surface area contributed by atoms with Gasteiger partial charge < -0.3 is 14.7 Å². The number of nitrogens with zero attached hydrogens (tertiary/aromatic N) is 1. The van der Waals surface area contributed by atoms with Crippen molar-refractivity contribution in [2.75, 3.05) is 26.2 Å². The molecule has 4 nitrogen and oxygen atoms in total. The van der Waals surface area contributed by atoms with Crippen LogP contribution in [0.25, 0.3) is 0 Å². The predicted molar refractivity (Wildman–Crippen MR) is 65.7 cm³/mol. The number of carbonyl (C=O) groups is 1. The molecule has 0 amide bonds. The van der Waals surface area contributed by atoms with Crippen LogP contribution in [0.3, 0.4) is 0 Å². The number of carboxylic acid groups (broad SMARTS) is 1. The number of hydrogen-bond acceptors (Lipinski definition) is 3. The highest BCUT2D eigenvalue weighted by Crippen LogP contribution is 2.13. The smallest absolute Gasteiger partial charge is 0.305 e. The Bertz CT molecular complexity index is 285. The standard InChI is InChI=1S/C13H21NO3/c1-2-3-4-8-14-9-5-12(6-10-14)17-11-7-13(15)16/h12H,4-11H2,1H3,(H,15,16).